The molecule has 0 radical (unpaired) electrons. The Labute approximate surface area is 152 Å². The van der Waals surface area contributed by atoms with Crippen LogP contribution < -0.4 is 10.6 Å². The molecule has 7 heteroatoms. The van der Waals surface area contributed by atoms with Gasteiger partial charge in [0.15, 0.2) is 0 Å². The van der Waals surface area contributed by atoms with Crippen molar-refractivity contribution in [2.24, 2.45) is 0 Å². The standard InChI is InChI=1S/C17H12Cl2N2O2S/c18-11-6-2-3-7-12(11)21-14(22)9-20-17(23)16-15(19)10-5-1-4-8-13(10)24-16/h1-8H,9H2,(H,20,23)(H,21,22). The van der Waals surface area contributed by atoms with Crippen LogP contribution in [-0.2, 0) is 4.79 Å². The zero-order valence-corrected chi connectivity index (χ0v) is 14.6. The topological polar surface area (TPSA) is 58.2 Å². The number of anilines is 1. The zero-order chi connectivity index (χ0) is 17.1. The maximum Gasteiger partial charge on any atom is 0.263 e. The van der Waals surface area contributed by atoms with Crippen molar-refractivity contribution < 1.29 is 9.59 Å². The number of carbonyl (C=O) groups is 2. The lowest BCUT2D eigenvalue weighted by Gasteiger charge is -2.07. The minimum absolute atomic E-state index is 0.172. The molecule has 3 aromatic rings. The fourth-order valence-electron chi connectivity index (χ4n) is 2.16. The average Bonchev–Trinajstić information content (AvgIpc) is 2.92. The molecule has 0 aliphatic carbocycles. The Hall–Kier alpha value is -2.08. The van der Waals surface area contributed by atoms with Crippen molar-refractivity contribution >= 4 is 62.1 Å². The van der Waals surface area contributed by atoms with Crippen LogP contribution in [0.4, 0.5) is 5.69 Å². The third-order valence-corrected chi connectivity index (χ3v) is 5.30. The third kappa shape index (κ3) is 3.53. The molecule has 0 aliphatic rings. The van der Waals surface area contributed by atoms with Crippen molar-refractivity contribution in [3.8, 4) is 0 Å². The molecule has 0 atom stereocenters. The molecule has 0 unspecified atom stereocenters. The maximum atomic E-state index is 12.3. The number of nitrogens with one attached hydrogen (secondary N) is 2. The zero-order valence-electron chi connectivity index (χ0n) is 12.3. The van der Waals surface area contributed by atoms with Crippen LogP contribution in [0.2, 0.25) is 10.0 Å². The number of halogens is 2. The molecule has 0 bridgehead atoms. The first-order chi connectivity index (χ1) is 11.6. The highest BCUT2D eigenvalue weighted by atomic mass is 35.5. The van der Waals surface area contributed by atoms with E-state index in [-0.39, 0.29) is 18.4 Å². The highest BCUT2D eigenvalue weighted by molar-refractivity contribution is 7.21. The quantitative estimate of drug-likeness (QED) is 0.697. The Morgan fingerprint density at radius 1 is 1.00 bits per heavy atom. The van der Waals surface area contributed by atoms with Gasteiger partial charge in [-0.1, -0.05) is 53.5 Å². The second kappa shape index (κ2) is 7.21. The Bertz CT molecular complexity index is 924. The number of thiophene rings is 1. The van der Waals surface area contributed by atoms with Crippen molar-refractivity contribution in [2.45, 2.75) is 0 Å². The summed E-state index contributed by atoms with van der Waals surface area (Å²) in [6.45, 7) is -0.172. The van der Waals surface area contributed by atoms with E-state index in [1.165, 1.54) is 11.3 Å². The van der Waals surface area contributed by atoms with Gasteiger partial charge in [0, 0.05) is 10.1 Å². The van der Waals surface area contributed by atoms with Crippen molar-refractivity contribution in [1.29, 1.82) is 0 Å². The number of rotatable bonds is 4. The van der Waals surface area contributed by atoms with Crippen molar-refractivity contribution in [3.63, 3.8) is 0 Å². The van der Waals surface area contributed by atoms with E-state index in [4.69, 9.17) is 23.2 Å². The Balaban J connectivity index is 1.65. The molecule has 2 amide bonds. The summed E-state index contributed by atoms with van der Waals surface area (Å²) in [4.78, 5) is 24.6. The fraction of sp³-hybridized carbons (Fsp3) is 0.0588. The molecule has 0 aliphatic heterocycles. The van der Waals surface area contributed by atoms with E-state index in [0.29, 0.717) is 20.6 Å². The molecule has 0 fully saturated rings. The number of amides is 2. The van der Waals surface area contributed by atoms with Gasteiger partial charge in [0.05, 0.1) is 22.3 Å². The summed E-state index contributed by atoms with van der Waals surface area (Å²) in [5, 5.41) is 6.88. The lowest BCUT2D eigenvalue weighted by molar-refractivity contribution is -0.115. The average molecular weight is 379 g/mol. The molecule has 0 spiro atoms. The van der Waals surface area contributed by atoms with Crippen LogP contribution in [0.5, 0.6) is 0 Å². The Kier molecular flexibility index (Phi) is 5.04. The lowest BCUT2D eigenvalue weighted by Crippen LogP contribution is -2.32. The van der Waals surface area contributed by atoms with Gasteiger partial charge in [-0.25, -0.2) is 0 Å². The first-order valence-corrected chi connectivity index (χ1v) is 8.63. The van der Waals surface area contributed by atoms with Crippen LogP contribution in [-0.4, -0.2) is 18.4 Å². The maximum absolute atomic E-state index is 12.3. The van der Waals surface area contributed by atoms with Gasteiger partial charge in [-0.05, 0) is 18.2 Å². The molecule has 2 N–H and O–H groups in total. The summed E-state index contributed by atoms with van der Waals surface area (Å²) in [6.07, 6.45) is 0. The van der Waals surface area contributed by atoms with Gasteiger partial charge in [-0.3, -0.25) is 9.59 Å². The molecule has 1 heterocycles. The largest absolute Gasteiger partial charge is 0.342 e. The SMILES string of the molecule is O=C(CNC(=O)c1sc2ccccc2c1Cl)Nc1ccccc1Cl. The van der Waals surface area contributed by atoms with Gasteiger partial charge in [-0.2, -0.15) is 0 Å². The van der Waals surface area contributed by atoms with E-state index >= 15 is 0 Å². The van der Waals surface area contributed by atoms with Crippen LogP contribution in [0.25, 0.3) is 10.1 Å². The van der Waals surface area contributed by atoms with Gasteiger partial charge >= 0.3 is 0 Å². The van der Waals surface area contributed by atoms with Gasteiger partial charge in [0.25, 0.3) is 5.91 Å². The minimum atomic E-state index is -0.379. The van der Waals surface area contributed by atoms with Crippen LogP contribution in [0.15, 0.2) is 48.5 Å². The van der Waals surface area contributed by atoms with E-state index in [9.17, 15) is 9.59 Å². The molecular formula is C17H12Cl2N2O2S. The second-order valence-corrected chi connectivity index (χ2v) is 6.79. The van der Waals surface area contributed by atoms with E-state index < -0.39 is 0 Å². The van der Waals surface area contributed by atoms with Crippen LogP contribution in [0.3, 0.4) is 0 Å². The van der Waals surface area contributed by atoms with Crippen LogP contribution in [0, 0.1) is 0 Å². The first-order valence-electron chi connectivity index (χ1n) is 7.06. The van der Waals surface area contributed by atoms with Crippen molar-refractivity contribution in [1.82, 2.24) is 5.32 Å². The molecule has 122 valence electrons. The Morgan fingerprint density at radius 3 is 2.46 bits per heavy atom. The Morgan fingerprint density at radius 2 is 1.71 bits per heavy atom. The van der Waals surface area contributed by atoms with Crippen molar-refractivity contribution in [3.05, 3.63) is 63.5 Å². The number of benzene rings is 2. The van der Waals surface area contributed by atoms with E-state index in [2.05, 4.69) is 10.6 Å². The van der Waals surface area contributed by atoms with Crippen molar-refractivity contribution in [2.75, 3.05) is 11.9 Å². The summed E-state index contributed by atoms with van der Waals surface area (Å²) in [5.74, 6) is -0.746. The highest BCUT2D eigenvalue weighted by Crippen LogP contribution is 2.34. The predicted molar refractivity (Wildman–Crippen MR) is 99.2 cm³/mol. The first kappa shape index (κ1) is 16.8. The molecule has 1 aromatic heterocycles. The highest BCUT2D eigenvalue weighted by Gasteiger charge is 2.17. The number of para-hydroxylation sites is 1. The molecular weight excluding hydrogens is 367 g/mol. The molecule has 0 saturated carbocycles. The third-order valence-electron chi connectivity index (χ3n) is 3.30. The summed E-state index contributed by atoms with van der Waals surface area (Å²) in [5.41, 5.74) is 0.498. The van der Waals surface area contributed by atoms with E-state index in [1.54, 1.807) is 24.3 Å². The summed E-state index contributed by atoms with van der Waals surface area (Å²) in [7, 11) is 0. The van der Waals surface area contributed by atoms with E-state index in [0.717, 1.165) is 10.1 Å². The molecule has 3 rings (SSSR count). The summed E-state index contributed by atoms with van der Waals surface area (Å²) < 4.78 is 0.924. The van der Waals surface area contributed by atoms with Gasteiger partial charge < -0.3 is 10.6 Å². The van der Waals surface area contributed by atoms with Gasteiger partial charge in [0.2, 0.25) is 5.91 Å². The monoisotopic (exact) mass is 378 g/mol. The number of fused-ring (bicyclic) bond motifs is 1. The molecule has 0 saturated heterocycles. The number of hydrogen-bond acceptors (Lipinski definition) is 3. The fourth-order valence-corrected chi connectivity index (χ4v) is 3.77. The van der Waals surface area contributed by atoms with Crippen LogP contribution >= 0.6 is 34.5 Å². The number of carbonyl (C=O) groups excluding carboxylic acids is 2. The smallest absolute Gasteiger partial charge is 0.263 e. The van der Waals surface area contributed by atoms with Crippen LogP contribution in [0.1, 0.15) is 9.67 Å². The van der Waals surface area contributed by atoms with Gasteiger partial charge in [-0.15, -0.1) is 11.3 Å². The molecule has 2 aromatic carbocycles. The van der Waals surface area contributed by atoms with E-state index in [1.807, 2.05) is 24.3 Å². The predicted octanol–water partition coefficient (Wildman–Crippen LogP) is 4.58. The molecule has 4 nitrogen and oxygen atoms in total. The lowest BCUT2D eigenvalue weighted by atomic mass is 10.2. The summed E-state index contributed by atoms with van der Waals surface area (Å²) >= 11 is 13.5. The molecule has 24 heavy (non-hydrogen) atoms. The normalized spacial score (nSPS) is 10.6. The van der Waals surface area contributed by atoms with Gasteiger partial charge in [0.1, 0.15) is 4.88 Å². The number of hydrogen-bond donors (Lipinski definition) is 2. The minimum Gasteiger partial charge on any atom is -0.342 e. The second-order valence-electron chi connectivity index (χ2n) is 4.95. The summed E-state index contributed by atoms with van der Waals surface area (Å²) in [6, 6.07) is 14.4.